The summed E-state index contributed by atoms with van der Waals surface area (Å²) in [4.78, 5) is 24.5. The molecule has 0 aromatic rings. The number of esters is 1. The number of nitrogens with one attached hydrogen (secondary N) is 1. The number of hydrogen-bond acceptors (Lipinski definition) is 5. The molecule has 3 N–H and O–H groups in total. The number of carbonyl (C=O) groups excluding carboxylic acids is 2. The Kier molecular flexibility index (Phi) is 64.9. The van der Waals surface area contributed by atoms with E-state index < -0.39 is 12.1 Å². The summed E-state index contributed by atoms with van der Waals surface area (Å²) in [7, 11) is 0. The molecule has 0 radical (unpaired) electrons. The third-order valence-corrected chi connectivity index (χ3v) is 16.6. The summed E-state index contributed by atoms with van der Waals surface area (Å²) in [6, 6.07) is -0.622. The Balaban J connectivity index is 3.29. The molecule has 0 aliphatic rings. The molecule has 0 aliphatic heterocycles. The molecule has 2 unspecified atom stereocenters. The van der Waals surface area contributed by atoms with Crippen LogP contribution in [-0.2, 0) is 14.3 Å². The van der Waals surface area contributed by atoms with Crippen molar-refractivity contribution in [3.63, 3.8) is 0 Å². The van der Waals surface area contributed by atoms with Crippen LogP contribution in [-0.4, -0.2) is 47.4 Å². The molecule has 6 heteroatoms. The number of rotatable bonds is 66. The summed E-state index contributed by atoms with van der Waals surface area (Å²) < 4.78 is 5.49. The summed E-state index contributed by atoms with van der Waals surface area (Å²) in [6.07, 6.45) is 81.7. The Morgan fingerprint density at radius 1 is 0.355 bits per heavy atom. The van der Waals surface area contributed by atoms with Gasteiger partial charge in [-0.25, -0.2) is 0 Å². The summed E-state index contributed by atoms with van der Waals surface area (Å²) in [6.45, 7) is 4.93. The lowest BCUT2D eigenvalue weighted by atomic mass is 10.0. The SMILES string of the molecule is CCCCCCCCCCCC/C=C/C(O)C(CO)NC(=O)CCCCCCCCCCCCCCCCCCCCCCCCCCCCCCCCCCCCCOC(=O)CCCCCCCCCCCCCC. The van der Waals surface area contributed by atoms with E-state index in [2.05, 4.69) is 19.2 Å². The lowest BCUT2D eigenvalue weighted by Crippen LogP contribution is -2.45. The minimum absolute atomic E-state index is 0.0237. The zero-order chi connectivity index (χ0) is 55.0. The average molecular weight is 1070 g/mol. The highest BCUT2D eigenvalue weighted by molar-refractivity contribution is 5.76. The van der Waals surface area contributed by atoms with Crippen molar-refractivity contribution in [1.29, 1.82) is 0 Å². The molecule has 1 amide bonds. The van der Waals surface area contributed by atoms with E-state index in [0.717, 1.165) is 38.5 Å². The van der Waals surface area contributed by atoms with Crippen LogP contribution < -0.4 is 5.32 Å². The van der Waals surface area contributed by atoms with Gasteiger partial charge in [-0.3, -0.25) is 9.59 Å². The van der Waals surface area contributed by atoms with Gasteiger partial charge in [0.1, 0.15) is 0 Å². The molecule has 0 aromatic heterocycles. The van der Waals surface area contributed by atoms with Crippen molar-refractivity contribution in [1.82, 2.24) is 5.32 Å². The number of carbonyl (C=O) groups is 2. The molecule has 0 fully saturated rings. The van der Waals surface area contributed by atoms with Gasteiger partial charge in [0.15, 0.2) is 0 Å². The van der Waals surface area contributed by atoms with Gasteiger partial charge in [-0.1, -0.05) is 366 Å². The molecular formula is C70H137NO5. The summed E-state index contributed by atoms with van der Waals surface area (Å²) in [5.74, 6) is -0.0376. The standard InChI is InChI=1S/C70H137NO5/c1-3-5-7-9-11-13-15-42-46-50-54-58-62-68(73)67(66-72)71-69(74)63-59-55-51-47-43-40-38-36-34-32-30-28-26-24-22-20-18-17-19-21-23-25-27-29-31-33-35-37-39-41-45-49-53-57-61-65-76-70(75)64-60-56-52-48-44-16-14-12-10-8-6-4-2/h58,62,67-68,72-73H,3-57,59-61,63-66H2,1-2H3,(H,71,74)/b62-58+. The third kappa shape index (κ3) is 61.8. The van der Waals surface area contributed by atoms with Gasteiger partial charge < -0.3 is 20.3 Å². The smallest absolute Gasteiger partial charge is 0.305 e. The Morgan fingerprint density at radius 2 is 0.605 bits per heavy atom. The number of ether oxygens (including phenoxy) is 1. The first-order chi connectivity index (χ1) is 37.5. The maximum Gasteiger partial charge on any atom is 0.305 e. The van der Waals surface area contributed by atoms with Crippen molar-refractivity contribution in [2.75, 3.05) is 13.2 Å². The summed E-state index contributed by atoms with van der Waals surface area (Å²) in [5.41, 5.74) is 0. The fourth-order valence-electron chi connectivity index (χ4n) is 11.2. The van der Waals surface area contributed by atoms with E-state index in [1.165, 1.54) is 334 Å². The highest BCUT2D eigenvalue weighted by Crippen LogP contribution is 2.19. The highest BCUT2D eigenvalue weighted by atomic mass is 16.5. The molecule has 0 spiro atoms. The molecule has 0 saturated carbocycles. The van der Waals surface area contributed by atoms with Crippen LogP contribution in [0.1, 0.15) is 399 Å². The average Bonchev–Trinajstić information content (AvgIpc) is 3.42. The molecule has 0 aromatic carbocycles. The van der Waals surface area contributed by atoms with Gasteiger partial charge >= 0.3 is 5.97 Å². The van der Waals surface area contributed by atoms with Gasteiger partial charge in [0.25, 0.3) is 0 Å². The normalized spacial score (nSPS) is 12.5. The van der Waals surface area contributed by atoms with E-state index in [1.807, 2.05) is 6.08 Å². The van der Waals surface area contributed by atoms with Crippen LogP contribution in [0.25, 0.3) is 0 Å². The highest BCUT2D eigenvalue weighted by Gasteiger charge is 2.18. The number of aliphatic hydroxyl groups excluding tert-OH is 2. The Bertz CT molecular complexity index is 1140. The lowest BCUT2D eigenvalue weighted by Gasteiger charge is -2.20. The molecule has 0 aliphatic carbocycles. The van der Waals surface area contributed by atoms with E-state index >= 15 is 0 Å². The quantitative estimate of drug-likeness (QED) is 0.0320. The van der Waals surface area contributed by atoms with Gasteiger partial charge in [0, 0.05) is 12.8 Å². The zero-order valence-corrected chi connectivity index (χ0v) is 51.8. The molecule has 6 nitrogen and oxygen atoms in total. The van der Waals surface area contributed by atoms with Crippen molar-refractivity contribution in [3.05, 3.63) is 12.2 Å². The van der Waals surface area contributed by atoms with Crippen LogP contribution in [0.3, 0.4) is 0 Å². The maximum absolute atomic E-state index is 12.5. The Hall–Kier alpha value is -1.40. The molecule has 2 atom stereocenters. The maximum atomic E-state index is 12.5. The van der Waals surface area contributed by atoms with E-state index in [4.69, 9.17) is 4.74 Å². The van der Waals surface area contributed by atoms with E-state index in [0.29, 0.717) is 19.4 Å². The number of unbranched alkanes of at least 4 members (excludes halogenated alkanes) is 55. The lowest BCUT2D eigenvalue weighted by molar-refractivity contribution is -0.143. The van der Waals surface area contributed by atoms with Crippen molar-refractivity contribution >= 4 is 11.9 Å². The topological polar surface area (TPSA) is 95.9 Å². The monoisotopic (exact) mass is 1070 g/mol. The molecule has 0 saturated heterocycles. The summed E-state index contributed by atoms with van der Waals surface area (Å²) >= 11 is 0. The van der Waals surface area contributed by atoms with Crippen LogP contribution in [0, 0.1) is 0 Å². The number of allylic oxidation sites excluding steroid dienone is 1. The fraction of sp³-hybridized carbons (Fsp3) is 0.943. The van der Waals surface area contributed by atoms with Gasteiger partial charge in [-0.2, -0.15) is 0 Å². The Morgan fingerprint density at radius 3 is 0.895 bits per heavy atom. The van der Waals surface area contributed by atoms with Gasteiger partial charge in [0.05, 0.1) is 25.4 Å². The van der Waals surface area contributed by atoms with Gasteiger partial charge in [-0.15, -0.1) is 0 Å². The third-order valence-electron chi connectivity index (χ3n) is 16.6. The molecule has 0 rings (SSSR count). The summed E-state index contributed by atoms with van der Waals surface area (Å²) in [5, 5.41) is 23.1. The second-order valence-electron chi connectivity index (χ2n) is 24.2. The molecular weight excluding hydrogens is 935 g/mol. The second-order valence-corrected chi connectivity index (χ2v) is 24.2. The van der Waals surface area contributed by atoms with Crippen molar-refractivity contribution in [2.24, 2.45) is 0 Å². The van der Waals surface area contributed by atoms with E-state index in [9.17, 15) is 19.8 Å². The van der Waals surface area contributed by atoms with Crippen LogP contribution >= 0.6 is 0 Å². The van der Waals surface area contributed by atoms with Crippen LogP contribution in [0.2, 0.25) is 0 Å². The molecule has 76 heavy (non-hydrogen) atoms. The zero-order valence-electron chi connectivity index (χ0n) is 51.8. The minimum atomic E-state index is -0.838. The number of hydrogen-bond donors (Lipinski definition) is 3. The largest absolute Gasteiger partial charge is 0.466 e. The second kappa shape index (κ2) is 66.1. The van der Waals surface area contributed by atoms with Crippen molar-refractivity contribution < 1.29 is 24.5 Å². The predicted octanol–water partition coefficient (Wildman–Crippen LogP) is 22.4. The minimum Gasteiger partial charge on any atom is -0.466 e. The first-order valence-corrected chi connectivity index (χ1v) is 35.0. The number of amides is 1. The van der Waals surface area contributed by atoms with Crippen molar-refractivity contribution in [2.45, 2.75) is 411 Å². The fourth-order valence-corrected chi connectivity index (χ4v) is 11.2. The van der Waals surface area contributed by atoms with Crippen molar-refractivity contribution in [3.8, 4) is 0 Å². The van der Waals surface area contributed by atoms with Gasteiger partial charge in [0.2, 0.25) is 5.91 Å². The first kappa shape index (κ1) is 74.6. The van der Waals surface area contributed by atoms with E-state index in [-0.39, 0.29) is 18.5 Å². The van der Waals surface area contributed by atoms with Crippen LogP contribution in [0.5, 0.6) is 0 Å². The molecule has 0 heterocycles. The molecule has 0 bridgehead atoms. The predicted molar refractivity (Wildman–Crippen MR) is 333 cm³/mol. The van der Waals surface area contributed by atoms with Crippen LogP contribution in [0.4, 0.5) is 0 Å². The number of aliphatic hydroxyl groups is 2. The van der Waals surface area contributed by atoms with E-state index in [1.54, 1.807) is 6.08 Å². The Labute approximate surface area is 476 Å². The van der Waals surface area contributed by atoms with Gasteiger partial charge in [-0.05, 0) is 32.1 Å². The first-order valence-electron chi connectivity index (χ1n) is 35.0. The molecule has 452 valence electrons. The van der Waals surface area contributed by atoms with Crippen LogP contribution in [0.15, 0.2) is 12.2 Å².